The SMILES string of the molecule is CC1=C(c2ccccc2C)C2(c3ccc(-c4cc(-c5ccccc5)nc(-c5ccc(-c6ccccc6)cc5)c4)cc31)c1ccccc1-c1ccccc12. The van der Waals surface area contributed by atoms with Gasteiger partial charge in [-0.3, -0.25) is 0 Å². The van der Waals surface area contributed by atoms with E-state index in [0.29, 0.717) is 0 Å². The molecule has 8 aromatic rings. The molecule has 0 radical (unpaired) electrons. The van der Waals surface area contributed by atoms with Crippen LogP contribution in [0.1, 0.15) is 40.3 Å². The topological polar surface area (TPSA) is 12.9 Å². The zero-order chi connectivity index (χ0) is 35.5. The number of hydrogen-bond acceptors (Lipinski definition) is 1. The molecule has 1 heterocycles. The minimum absolute atomic E-state index is 0.406. The third-order valence-electron chi connectivity index (χ3n) is 11.5. The van der Waals surface area contributed by atoms with Gasteiger partial charge in [-0.25, -0.2) is 4.98 Å². The Balaban J connectivity index is 1.18. The third-order valence-corrected chi connectivity index (χ3v) is 11.5. The Morgan fingerprint density at radius 1 is 0.340 bits per heavy atom. The maximum atomic E-state index is 5.25. The van der Waals surface area contributed by atoms with Crippen molar-refractivity contribution in [3.8, 4) is 55.9 Å². The van der Waals surface area contributed by atoms with Crippen LogP contribution in [0.4, 0.5) is 0 Å². The molecular weight excluding hydrogens is 639 g/mol. The third kappa shape index (κ3) is 4.81. The van der Waals surface area contributed by atoms with E-state index in [1.54, 1.807) is 0 Å². The molecule has 250 valence electrons. The fraction of sp³-hybridized carbons (Fsp3) is 0.0577. The number of benzene rings is 7. The van der Waals surface area contributed by atoms with Crippen LogP contribution in [0.15, 0.2) is 188 Å². The number of pyridine rings is 1. The van der Waals surface area contributed by atoms with E-state index in [-0.39, 0.29) is 0 Å². The first-order valence-electron chi connectivity index (χ1n) is 18.5. The first-order chi connectivity index (χ1) is 26.1. The summed E-state index contributed by atoms with van der Waals surface area (Å²) < 4.78 is 0. The maximum absolute atomic E-state index is 5.25. The van der Waals surface area contributed by atoms with E-state index in [4.69, 9.17) is 4.98 Å². The van der Waals surface area contributed by atoms with Crippen molar-refractivity contribution in [1.82, 2.24) is 4.98 Å². The van der Waals surface area contributed by atoms with Gasteiger partial charge in [0.15, 0.2) is 0 Å². The second-order valence-electron chi connectivity index (χ2n) is 14.4. The second-order valence-corrected chi connectivity index (χ2v) is 14.4. The number of aryl methyl sites for hydroxylation is 1. The molecule has 0 unspecified atom stereocenters. The summed E-state index contributed by atoms with van der Waals surface area (Å²) in [6, 6.07) is 68.6. The Labute approximate surface area is 311 Å². The predicted octanol–water partition coefficient (Wildman–Crippen LogP) is 13.3. The molecule has 0 atom stereocenters. The fourth-order valence-corrected chi connectivity index (χ4v) is 9.03. The normalized spacial score (nSPS) is 13.5. The van der Waals surface area contributed by atoms with Gasteiger partial charge in [0.1, 0.15) is 0 Å². The quantitative estimate of drug-likeness (QED) is 0.177. The van der Waals surface area contributed by atoms with Gasteiger partial charge in [-0.1, -0.05) is 170 Å². The molecule has 1 spiro atoms. The van der Waals surface area contributed by atoms with Crippen LogP contribution < -0.4 is 0 Å². The van der Waals surface area contributed by atoms with E-state index in [1.807, 2.05) is 0 Å². The summed E-state index contributed by atoms with van der Waals surface area (Å²) in [4.78, 5) is 5.25. The molecule has 0 amide bonds. The van der Waals surface area contributed by atoms with E-state index in [9.17, 15) is 0 Å². The van der Waals surface area contributed by atoms with E-state index < -0.39 is 5.41 Å². The molecular formula is C52H37N. The van der Waals surface area contributed by atoms with Crippen LogP contribution in [0.25, 0.3) is 67.0 Å². The van der Waals surface area contributed by atoms with Gasteiger partial charge in [0.2, 0.25) is 0 Å². The van der Waals surface area contributed by atoms with Crippen LogP contribution in [0.3, 0.4) is 0 Å². The summed E-state index contributed by atoms with van der Waals surface area (Å²) in [5.41, 5.74) is 21.8. The van der Waals surface area contributed by atoms with Crippen LogP contribution in [-0.2, 0) is 5.41 Å². The number of aromatic nitrogens is 1. The highest BCUT2D eigenvalue weighted by atomic mass is 14.7. The van der Waals surface area contributed by atoms with Crippen molar-refractivity contribution >= 4 is 11.1 Å². The highest BCUT2D eigenvalue weighted by Gasteiger charge is 2.52. The molecule has 7 aromatic carbocycles. The van der Waals surface area contributed by atoms with Crippen molar-refractivity contribution in [3.05, 3.63) is 221 Å². The summed E-state index contributed by atoms with van der Waals surface area (Å²) >= 11 is 0. The molecule has 0 saturated carbocycles. The maximum Gasteiger partial charge on any atom is 0.0728 e. The number of hydrogen-bond donors (Lipinski definition) is 0. The van der Waals surface area contributed by atoms with Crippen molar-refractivity contribution < 1.29 is 0 Å². The first kappa shape index (κ1) is 31.2. The Morgan fingerprint density at radius 2 is 0.792 bits per heavy atom. The van der Waals surface area contributed by atoms with Gasteiger partial charge in [0.05, 0.1) is 16.8 Å². The molecule has 2 aliphatic rings. The molecule has 0 saturated heterocycles. The van der Waals surface area contributed by atoms with E-state index in [1.165, 1.54) is 72.3 Å². The van der Waals surface area contributed by atoms with Gasteiger partial charge in [0.25, 0.3) is 0 Å². The summed E-state index contributed by atoms with van der Waals surface area (Å²) in [5.74, 6) is 0. The lowest BCUT2D eigenvalue weighted by Crippen LogP contribution is -2.27. The standard InChI is InChI=1S/C52H37N/c1-34-15-9-10-20-42(34)51-35(2)45-31-40(29-30-48(45)52(51)46-23-13-11-21-43(46)44-22-12-14-24-47(44)52)41-32-49(38-18-7-4-8-19-38)53-50(33-41)39-27-25-37(26-28-39)36-16-5-3-6-17-36/h3-33H,1-2H3. The van der Waals surface area contributed by atoms with Crippen molar-refractivity contribution in [2.24, 2.45) is 0 Å². The summed E-state index contributed by atoms with van der Waals surface area (Å²) in [5, 5.41) is 0. The van der Waals surface area contributed by atoms with Gasteiger partial charge in [-0.2, -0.15) is 0 Å². The number of fused-ring (bicyclic) bond motifs is 7. The molecule has 1 aromatic heterocycles. The Morgan fingerprint density at radius 3 is 1.42 bits per heavy atom. The van der Waals surface area contributed by atoms with Gasteiger partial charge in [0, 0.05) is 11.1 Å². The van der Waals surface area contributed by atoms with Crippen molar-refractivity contribution in [1.29, 1.82) is 0 Å². The van der Waals surface area contributed by atoms with Crippen molar-refractivity contribution in [3.63, 3.8) is 0 Å². The monoisotopic (exact) mass is 675 g/mol. The number of rotatable bonds is 5. The lowest BCUT2D eigenvalue weighted by molar-refractivity contribution is 0.841. The minimum atomic E-state index is -0.406. The highest BCUT2D eigenvalue weighted by molar-refractivity contribution is 6.10. The zero-order valence-electron chi connectivity index (χ0n) is 29.8. The number of nitrogens with zero attached hydrogens (tertiary/aromatic N) is 1. The summed E-state index contributed by atoms with van der Waals surface area (Å²) in [6.07, 6.45) is 0. The van der Waals surface area contributed by atoms with Gasteiger partial charge in [-0.15, -0.1) is 0 Å². The molecule has 1 heteroatoms. The summed E-state index contributed by atoms with van der Waals surface area (Å²) in [6.45, 7) is 4.59. The molecule has 53 heavy (non-hydrogen) atoms. The molecule has 0 aliphatic heterocycles. The minimum Gasteiger partial charge on any atom is -0.248 e. The molecule has 2 aliphatic carbocycles. The fourth-order valence-electron chi connectivity index (χ4n) is 9.03. The van der Waals surface area contributed by atoms with Crippen LogP contribution in [-0.4, -0.2) is 4.98 Å². The lowest BCUT2D eigenvalue weighted by Gasteiger charge is -2.33. The average Bonchev–Trinajstić information content (AvgIpc) is 3.66. The molecule has 0 fully saturated rings. The molecule has 0 N–H and O–H groups in total. The van der Waals surface area contributed by atoms with Gasteiger partial charge < -0.3 is 0 Å². The largest absolute Gasteiger partial charge is 0.248 e. The van der Waals surface area contributed by atoms with Crippen molar-refractivity contribution in [2.45, 2.75) is 19.3 Å². The average molecular weight is 676 g/mol. The van der Waals surface area contributed by atoms with Crippen LogP contribution in [0.5, 0.6) is 0 Å². The van der Waals surface area contributed by atoms with E-state index in [2.05, 4.69) is 202 Å². The molecule has 1 nitrogen and oxygen atoms in total. The van der Waals surface area contributed by atoms with Crippen molar-refractivity contribution in [2.75, 3.05) is 0 Å². The Bertz CT molecular complexity index is 2670. The van der Waals surface area contributed by atoms with Crippen LogP contribution in [0.2, 0.25) is 0 Å². The van der Waals surface area contributed by atoms with Crippen LogP contribution in [0, 0.1) is 6.92 Å². The number of allylic oxidation sites excluding steroid dienone is 2. The predicted molar refractivity (Wildman–Crippen MR) is 221 cm³/mol. The zero-order valence-corrected chi connectivity index (χ0v) is 29.8. The van der Waals surface area contributed by atoms with E-state index in [0.717, 1.165) is 28.1 Å². The lowest BCUT2D eigenvalue weighted by atomic mass is 9.67. The smallest absolute Gasteiger partial charge is 0.0728 e. The Kier molecular flexibility index (Phi) is 7.23. The highest BCUT2D eigenvalue weighted by Crippen LogP contribution is 2.64. The van der Waals surface area contributed by atoms with Gasteiger partial charge >= 0.3 is 0 Å². The van der Waals surface area contributed by atoms with Crippen LogP contribution >= 0.6 is 0 Å². The Hall–Kier alpha value is -6.57. The molecule has 10 rings (SSSR count). The second kappa shape index (κ2) is 12.3. The van der Waals surface area contributed by atoms with E-state index >= 15 is 0 Å². The summed E-state index contributed by atoms with van der Waals surface area (Å²) in [7, 11) is 0. The first-order valence-corrected chi connectivity index (χ1v) is 18.5. The molecule has 0 bridgehead atoms. The van der Waals surface area contributed by atoms with Gasteiger partial charge in [-0.05, 0) is 110 Å².